The molecule has 150 valence electrons. The van der Waals surface area contributed by atoms with E-state index in [1.807, 2.05) is 32.9 Å². The van der Waals surface area contributed by atoms with E-state index >= 15 is 0 Å². The maximum Gasteiger partial charge on any atom is 0.311 e. The molecule has 2 rings (SSSR count). The van der Waals surface area contributed by atoms with Gasteiger partial charge in [0, 0.05) is 5.69 Å². The molecular formula is C22H27NO5. The van der Waals surface area contributed by atoms with Crippen molar-refractivity contribution in [3.8, 4) is 11.5 Å². The molecule has 0 aliphatic carbocycles. The summed E-state index contributed by atoms with van der Waals surface area (Å²) >= 11 is 0. The summed E-state index contributed by atoms with van der Waals surface area (Å²) < 4.78 is 15.7. The van der Waals surface area contributed by atoms with Gasteiger partial charge >= 0.3 is 5.97 Å². The fourth-order valence-corrected chi connectivity index (χ4v) is 3.05. The Labute approximate surface area is 165 Å². The van der Waals surface area contributed by atoms with E-state index in [0.717, 1.165) is 22.4 Å². The lowest BCUT2D eigenvalue weighted by molar-refractivity contribution is -0.152. The number of carbonyl (C=O) groups is 2. The number of hydrogen-bond donors (Lipinski definition) is 1. The number of benzene rings is 2. The number of amides is 1. The quantitative estimate of drug-likeness (QED) is 0.735. The first-order valence-corrected chi connectivity index (χ1v) is 9.04. The van der Waals surface area contributed by atoms with Gasteiger partial charge in [0.2, 0.25) is 0 Å². The van der Waals surface area contributed by atoms with Crippen LogP contribution in [0.25, 0.3) is 0 Å². The summed E-state index contributed by atoms with van der Waals surface area (Å²) in [5, 5.41) is 2.86. The fourth-order valence-electron chi connectivity index (χ4n) is 3.05. The second kappa shape index (κ2) is 9.26. The molecule has 0 aliphatic heterocycles. The zero-order valence-electron chi connectivity index (χ0n) is 17.2. The number of carbonyl (C=O) groups excluding carboxylic acids is 2. The molecule has 1 amide bonds. The van der Waals surface area contributed by atoms with Gasteiger partial charge in [-0.05, 0) is 56.5 Å². The van der Waals surface area contributed by atoms with E-state index < -0.39 is 12.1 Å². The number of esters is 1. The van der Waals surface area contributed by atoms with Gasteiger partial charge in [0.1, 0.15) is 0 Å². The van der Waals surface area contributed by atoms with Crippen LogP contribution in [0.4, 0.5) is 5.69 Å². The molecule has 2 aromatic rings. The van der Waals surface area contributed by atoms with E-state index in [9.17, 15) is 9.59 Å². The Morgan fingerprint density at radius 2 is 1.57 bits per heavy atom. The Kier molecular flexibility index (Phi) is 7.04. The predicted octanol–water partition coefficient (Wildman–Crippen LogP) is 3.74. The Bertz CT molecular complexity index is 852. The standard InChI is InChI=1S/C22H27NO5/c1-13-9-14(2)21(15(3)10-13)23-22(25)16(4)28-20(24)12-17-7-8-18(26-5)19(11-17)27-6/h7-11,16H,12H2,1-6H3,(H,23,25)/t16-/m1/s1. The fraction of sp³-hybridized carbons (Fsp3) is 0.364. The van der Waals surface area contributed by atoms with Crippen LogP contribution < -0.4 is 14.8 Å². The average Bonchev–Trinajstić information content (AvgIpc) is 2.64. The molecule has 2 aromatic carbocycles. The molecule has 6 nitrogen and oxygen atoms in total. The van der Waals surface area contributed by atoms with Gasteiger partial charge in [-0.15, -0.1) is 0 Å². The number of nitrogens with one attached hydrogen (secondary N) is 1. The Morgan fingerprint density at radius 1 is 0.964 bits per heavy atom. The summed E-state index contributed by atoms with van der Waals surface area (Å²) in [5.41, 5.74) is 4.52. The normalized spacial score (nSPS) is 11.5. The van der Waals surface area contributed by atoms with Gasteiger partial charge in [-0.3, -0.25) is 9.59 Å². The number of aryl methyl sites for hydroxylation is 3. The third kappa shape index (κ3) is 5.25. The van der Waals surface area contributed by atoms with Gasteiger partial charge in [-0.2, -0.15) is 0 Å². The molecule has 0 radical (unpaired) electrons. The summed E-state index contributed by atoms with van der Waals surface area (Å²) in [7, 11) is 3.07. The van der Waals surface area contributed by atoms with Gasteiger partial charge in [-0.25, -0.2) is 0 Å². The minimum atomic E-state index is -0.909. The molecule has 0 fully saturated rings. The number of anilines is 1. The highest BCUT2D eigenvalue weighted by Crippen LogP contribution is 2.28. The smallest absolute Gasteiger partial charge is 0.311 e. The second-order valence-corrected chi connectivity index (χ2v) is 6.76. The van der Waals surface area contributed by atoms with Crippen molar-refractivity contribution in [1.82, 2.24) is 0 Å². The van der Waals surface area contributed by atoms with Gasteiger partial charge in [0.25, 0.3) is 5.91 Å². The highest BCUT2D eigenvalue weighted by molar-refractivity contribution is 5.96. The van der Waals surface area contributed by atoms with Gasteiger partial charge in [0.05, 0.1) is 20.6 Å². The molecule has 0 aromatic heterocycles. The summed E-state index contributed by atoms with van der Waals surface area (Å²) in [6.45, 7) is 7.43. The lowest BCUT2D eigenvalue weighted by Gasteiger charge is -2.17. The summed E-state index contributed by atoms with van der Waals surface area (Å²) in [6.07, 6.45) is -0.881. The minimum absolute atomic E-state index is 0.0283. The molecule has 0 bridgehead atoms. The predicted molar refractivity (Wildman–Crippen MR) is 108 cm³/mol. The van der Waals surface area contributed by atoms with Crippen molar-refractivity contribution < 1.29 is 23.8 Å². The third-order valence-electron chi connectivity index (χ3n) is 4.40. The molecule has 0 aliphatic rings. The summed E-state index contributed by atoms with van der Waals surface area (Å²) in [5.74, 6) is 0.253. The van der Waals surface area contributed by atoms with E-state index in [-0.39, 0.29) is 12.3 Å². The van der Waals surface area contributed by atoms with E-state index in [1.54, 1.807) is 32.2 Å². The van der Waals surface area contributed by atoms with E-state index in [2.05, 4.69) is 5.32 Å². The Morgan fingerprint density at radius 3 is 2.14 bits per heavy atom. The number of ether oxygens (including phenoxy) is 3. The van der Waals surface area contributed by atoms with Crippen LogP contribution in [-0.4, -0.2) is 32.2 Å². The van der Waals surface area contributed by atoms with Crippen molar-refractivity contribution in [2.24, 2.45) is 0 Å². The first kappa shape index (κ1) is 21.3. The lowest BCUT2D eigenvalue weighted by Crippen LogP contribution is -2.31. The minimum Gasteiger partial charge on any atom is -0.493 e. The lowest BCUT2D eigenvalue weighted by atomic mass is 10.0. The molecule has 0 unspecified atom stereocenters. The third-order valence-corrected chi connectivity index (χ3v) is 4.40. The van der Waals surface area contributed by atoms with E-state index in [1.165, 1.54) is 7.11 Å². The van der Waals surface area contributed by atoms with Crippen LogP contribution in [0.15, 0.2) is 30.3 Å². The van der Waals surface area contributed by atoms with Crippen LogP contribution in [0.3, 0.4) is 0 Å². The molecule has 0 saturated heterocycles. The Balaban J connectivity index is 1.99. The number of hydrogen-bond acceptors (Lipinski definition) is 5. The molecule has 0 spiro atoms. The number of rotatable bonds is 7. The summed E-state index contributed by atoms with van der Waals surface area (Å²) in [4.78, 5) is 24.7. The van der Waals surface area contributed by atoms with Crippen LogP contribution in [-0.2, 0) is 20.7 Å². The first-order chi connectivity index (χ1) is 13.2. The van der Waals surface area contributed by atoms with Gasteiger partial charge in [0.15, 0.2) is 17.6 Å². The second-order valence-electron chi connectivity index (χ2n) is 6.76. The van der Waals surface area contributed by atoms with Crippen molar-refractivity contribution in [3.63, 3.8) is 0 Å². The maximum atomic E-state index is 12.4. The first-order valence-electron chi connectivity index (χ1n) is 9.04. The molecular weight excluding hydrogens is 358 g/mol. The monoisotopic (exact) mass is 385 g/mol. The zero-order chi connectivity index (χ0) is 20.8. The van der Waals surface area contributed by atoms with Crippen LogP contribution in [0.2, 0.25) is 0 Å². The molecule has 1 N–H and O–H groups in total. The number of methoxy groups -OCH3 is 2. The van der Waals surface area contributed by atoms with Gasteiger partial charge < -0.3 is 19.5 Å². The van der Waals surface area contributed by atoms with Gasteiger partial charge in [-0.1, -0.05) is 23.8 Å². The molecule has 1 atom stereocenters. The zero-order valence-corrected chi connectivity index (χ0v) is 17.2. The van der Waals surface area contributed by atoms with Crippen LogP contribution in [0, 0.1) is 20.8 Å². The van der Waals surface area contributed by atoms with E-state index in [0.29, 0.717) is 17.1 Å². The van der Waals surface area contributed by atoms with Crippen molar-refractivity contribution in [2.45, 2.75) is 40.2 Å². The average molecular weight is 385 g/mol. The molecule has 6 heteroatoms. The van der Waals surface area contributed by atoms with Crippen LogP contribution >= 0.6 is 0 Å². The molecule has 0 saturated carbocycles. The molecule has 28 heavy (non-hydrogen) atoms. The van der Waals surface area contributed by atoms with Crippen molar-refractivity contribution in [2.75, 3.05) is 19.5 Å². The van der Waals surface area contributed by atoms with Crippen LogP contribution in [0.5, 0.6) is 11.5 Å². The van der Waals surface area contributed by atoms with Crippen molar-refractivity contribution in [1.29, 1.82) is 0 Å². The van der Waals surface area contributed by atoms with Crippen LogP contribution in [0.1, 0.15) is 29.2 Å². The SMILES string of the molecule is COc1ccc(CC(=O)O[C@H](C)C(=O)Nc2c(C)cc(C)cc2C)cc1OC. The maximum absolute atomic E-state index is 12.4. The van der Waals surface area contributed by atoms with Crippen molar-refractivity contribution in [3.05, 3.63) is 52.6 Å². The topological polar surface area (TPSA) is 73.9 Å². The highest BCUT2D eigenvalue weighted by Gasteiger charge is 2.20. The van der Waals surface area contributed by atoms with E-state index in [4.69, 9.17) is 14.2 Å². The largest absolute Gasteiger partial charge is 0.493 e. The Hall–Kier alpha value is -3.02. The van der Waals surface area contributed by atoms with Crippen molar-refractivity contribution >= 4 is 17.6 Å². The summed E-state index contributed by atoms with van der Waals surface area (Å²) in [6, 6.07) is 9.18. The molecule has 0 heterocycles. The highest BCUT2D eigenvalue weighted by atomic mass is 16.5.